The SMILES string of the molecule is CCOc1ccc(N2C(=O)/C(=C/c3cccc(OCC(=O)Nc4c(C)cccc4C)c3)SC2=S)cc1. The molecule has 36 heavy (non-hydrogen) atoms. The standard InChI is InChI=1S/C28H26N2O4S2/c1-4-33-22-13-11-21(12-14-22)30-27(32)24(36-28(30)35)16-20-9-6-10-23(15-20)34-17-25(31)29-26-18(2)7-5-8-19(26)3/h5-16H,4,17H2,1-3H3,(H,29,31)/b24-16-. The first kappa shape index (κ1) is 25.5. The summed E-state index contributed by atoms with van der Waals surface area (Å²) in [7, 11) is 0. The summed E-state index contributed by atoms with van der Waals surface area (Å²) < 4.78 is 11.7. The smallest absolute Gasteiger partial charge is 0.270 e. The maximum absolute atomic E-state index is 13.1. The first-order chi connectivity index (χ1) is 17.4. The highest BCUT2D eigenvalue weighted by Gasteiger charge is 2.33. The molecule has 0 aliphatic carbocycles. The van der Waals surface area contributed by atoms with Crippen molar-refractivity contribution in [3.63, 3.8) is 0 Å². The van der Waals surface area contributed by atoms with Crippen LogP contribution in [0.25, 0.3) is 6.08 Å². The van der Waals surface area contributed by atoms with Gasteiger partial charge in [-0.3, -0.25) is 14.5 Å². The summed E-state index contributed by atoms with van der Waals surface area (Å²) in [5.74, 6) is 0.839. The number of hydrogen-bond donors (Lipinski definition) is 1. The van der Waals surface area contributed by atoms with Gasteiger partial charge in [0.25, 0.3) is 11.8 Å². The van der Waals surface area contributed by atoms with Gasteiger partial charge in [0.15, 0.2) is 10.9 Å². The molecular weight excluding hydrogens is 492 g/mol. The number of carbonyl (C=O) groups is 2. The van der Waals surface area contributed by atoms with Crippen molar-refractivity contribution in [2.24, 2.45) is 0 Å². The largest absolute Gasteiger partial charge is 0.494 e. The van der Waals surface area contributed by atoms with Crippen LogP contribution in [0.4, 0.5) is 11.4 Å². The Bertz CT molecular complexity index is 1320. The third-order valence-corrected chi connectivity index (χ3v) is 6.77. The van der Waals surface area contributed by atoms with Crippen LogP contribution >= 0.6 is 24.0 Å². The molecule has 1 fully saturated rings. The zero-order valence-electron chi connectivity index (χ0n) is 20.2. The van der Waals surface area contributed by atoms with Gasteiger partial charge in [-0.15, -0.1) is 0 Å². The third kappa shape index (κ3) is 5.95. The summed E-state index contributed by atoms with van der Waals surface area (Å²) in [5.41, 5.74) is 4.25. The van der Waals surface area contributed by atoms with Gasteiger partial charge in [-0.1, -0.05) is 54.3 Å². The molecule has 3 aromatic rings. The summed E-state index contributed by atoms with van der Waals surface area (Å²) in [4.78, 5) is 27.6. The summed E-state index contributed by atoms with van der Waals surface area (Å²) in [6.45, 7) is 6.26. The second-order valence-electron chi connectivity index (χ2n) is 8.12. The molecule has 0 unspecified atom stereocenters. The molecule has 4 rings (SSSR count). The molecule has 0 bridgehead atoms. The third-order valence-electron chi connectivity index (χ3n) is 5.47. The second kappa shape index (κ2) is 11.4. The number of aryl methyl sites for hydroxylation is 2. The van der Waals surface area contributed by atoms with E-state index in [1.54, 1.807) is 18.2 Å². The van der Waals surface area contributed by atoms with Crippen molar-refractivity contribution in [2.45, 2.75) is 20.8 Å². The van der Waals surface area contributed by atoms with E-state index >= 15 is 0 Å². The van der Waals surface area contributed by atoms with E-state index in [9.17, 15) is 9.59 Å². The van der Waals surface area contributed by atoms with Crippen LogP contribution in [0.3, 0.4) is 0 Å². The lowest BCUT2D eigenvalue weighted by Crippen LogP contribution is -2.27. The van der Waals surface area contributed by atoms with Crippen molar-refractivity contribution < 1.29 is 19.1 Å². The fraction of sp³-hybridized carbons (Fsp3) is 0.179. The minimum absolute atomic E-state index is 0.128. The molecule has 1 aliphatic heterocycles. The van der Waals surface area contributed by atoms with Crippen LogP contribution in [-0.2, 0) is 9.59 Å². The van der Waals surface area contributed by atoms with E-state index in [0.29, 0.717) is 27.3 Å². The number of benzene rings is 3. The molecule has 0 spiro atoms. The number of anilines is 2. The Morgan fingerprint density at radius 1 is 1.00 bits per heavy atom. The number of thioether (sulfide) groups is 1. The molecule has 0 atom stereocenters. The van der Waals surface area contributed by atoms with Crippen LogP contribution in [0.5, 0.6) is 11.5 Å². The normalized spacial score (nSPS) is 14.3. The van der Waals surface area contributed by atoms with Crippen LogP contribution in [0, 0.1) is 13.8 Å². The summed E-state index contributed by atoms with van der Waals surface area (Å²) in [5, 5.41) is 2.91. The summed E-state index contributed by atoms with van der Waals surface area (Å²) in [6.07, 6.45) is 1.78. The number of nitrogens with one attached hydrogen (secondary N) is 1. The molecule has 1 saturated heterocycles. The van der Waals surface area contributed by atoms with Crippen LogP contribution < -0.4 is 19.7 Å². The molecule has 8 heteroatoms. The fourth-order valence-corrected chi connectivity index (χ4v) is 5.03. The van der Waals surface area contributed by atoms with Crippen molar-refractivity contribution in [1.29, 1.82) is 0 Å². The number of ether oxygens (including phenoxy) is 2. The average molecular weight is 519 g/mol. The summed E-state index contributed by atoms with van der Waals surface area (Å²) >= 11 is 6.72. The molecule has 0 radical (unpaired) electrons. The topological polar surface area (TPSA) is 67.9 Å². The molecular formula is C28H26N2O4S2. The lowest BCUT2D eigenvalue weighted by atomic mass is 10.1. The Labute approximate surface area is 220 Å². The van der Waals surface area contributed by atoms with Gasteiger partial charge in [0.2, 0.25) is 0 Å². The Morgan fingerprint density at radius 2 is 1.69 bits per heavy atom. The summed E-state index contributed by atoms with van der Waals surface area (Å²) in [6, 6.07) is 20.4. The van der Waals surface area contributed by atoms with E-state index in [0.717, 1.165) is 28.1 Å². The number of rotatable bonds is 8. The lowest BCUT2D eigenvalue weighted by Gasteiger charge is -2.15. The number of nitrogens with zero attached hydrogens (tertiary/aromatic N) is 1. The highest BCUT2D eigenvalue weighted by molar-refractivity contribution is 8.27. The van der Waals surface area contributed by atoms with Gasteiger partial charge in [0, 0.05) is 5.69 Å². The molecule has 6 nitrogen and oxygen atoms in total. The zero-order chi connectivity index (χ0) is 25.7. The monoisotopic (exact) mass is 518 g/mol. The maximum Gasteiger partial charge on any atom is 0.270 e. The molecule has 184 valence electrons. The average Bonchev–Trinajstić information content (AvgIpc) is 3.13. The molecule has 2 amide bonds. The van der Waals surface area contributed by atoms with Gasteiger partial charge in [-0.05, 0) is 79.9 Å². The van der Waals surface area contributed by atoms with E-state index in [2.05, 4.69) is 5.32 Å². The van der Waals surface area contributed by atoms with Crippen LogP contribution in [-0.4, -0.2) is 29.3 Å². The van der Waals surface area contributed by atoms with Gasteiger partial charge in [0.1, 0.15) is 11.5 Å². The number of amides is 2. The van der Waals surface area contributed by atoms with Gasteiger partial charge in [-0.2, -0.15) is 0 Å². The predicted molar refractivity (Wildman–Crippen MR) is 150 cm³/mol. The molecule has 1 aliphatic rings. The van der Waals surface area contributed by atoms with E-state index in [-0.39, 0.29) is 18.4 Å². The number of hydrogen-bond acceptors (Lipinski definition) is 6. The van der Waals surface area contributed by atoms with Crippen molar-refractivity contribution in [2.75, 3.05) is 23.4 Å². The quantitative estimate of drug-likeness (QED) is 0.286. The second-order valence-corrected chi connectivity index (χ2v) is 9.80. The number of para-hydroxylation sites is 1. The van der Waals surface area contributed by atoms with Gasteiger partial charge in [-0.25, -0.2) is 0 Å². The van der Waals surface area contributed by atoms with Gasteiger partial charge in [0.05, 0.1) is 17.2 Å². The van der Waals surface area contributed by atoms with Crippen LogP contribution in [0.2, 0.25) is 0 Å². The van der Waals surface area contributed by atoms with Crippen molar-refractivity contribution >= 4 is 57.6 Å². The van der Waals surface area contributed by atoms with Crippen LogP contribution in [0.15, 0.2) is 71.6 Å². The molecule has 0 saturated carbocycles. The van der Waals surface area contributed by atoms with Crippen molar-refractivity contribution in [3.05, 3.63) is 88.3 Å². The number of carbonyl (C=O) groups excluding carboxylic acids is 2. The number of thiocarbonyl (C=S) groups is 1. The van der Waals surface area contributed by atoms with Gasteiger partial charge < -0.3 is 14.8 Å². The minimum Gasteiger partial charge on any atom is -0.494 e. The predicted octanol–water partition coefficient (Wildman–Crippen LogP) is 6.13. The van der Waals surface area contributed by atoms with Crippen LogP contribution in [0.1, 0.15) is 23.6 Å². The Kier molecular flexibility index (Phi) is 8.07. The Morgan fingerprint density at radius 3 is 2.39 bits per heavy atom. The lowest BCUT2D eigenvalue weighted by molar-refractivity contribution is -0.118. The van der Waals surface area contributed by atoms with E-state index in [1.165, 1.54) is 16.7 Å². The van der Waals surface area contributed by atoms with Crippen molar-refractivity contribution in [1.82, 2.24) is 0 Å². The zero-order valence-corrected chi connectivity index (χ0v) is 21.9. The highest BCUT2D eigenvalue weighted by atomic mass is 32.2. The fourth-order valence-electron chi connectivity index (χ4n) is 3.73. The Balaban J connectivity index is 1.42. The molecule has 0 aromatic heterocycles. The molecule has 1 heterocycles. The Hall–Kier alpha value is -3.62. The molecule has 1 N–H and O–H groups in total. The first-order valence-corrected chi connectivity index (χ1v) is 12.7. The van der Waals surface area contributed by atoms with E-state index in [1.807, 2.05) is 75.4 Å². The molecule has 3 aromatic carbocycles. The van der Waals surface area contributed by atoms with E-state index < -0.39 is 0 Å². The minimum atomic E-state index is -0.242. The van der Waals surface area contributed by atoms with Gasteiger partial charge >= 0.3 is 0 Å². The van der Waals surface area contributed by atoms with Crippen molar-refractivity contribution in [3.8, 4) is 11.5 Å². The van der Waals surface area contributed by atoms with E-state index in [4.69, 9.17) is 21.7 Å². The first-order valence-electron chi connectivity index (χ1n) is 11.5. The maximum atomic E-state index is 13.1. The highest BCUT2D eigenvalue weighted by Crippen LogP contribution is 2.36.